The first-order valence-electron chi connectivity index (χ1n) is 10.7. The second kappa shape index (κ2) is 7.08. The lowest BCUT2D eigenvalue weighted by molar-refractivity contribution is 0.0697. The van der Waals surface area contributed by atoms with Crippen LogP contribution in [0.15, 0.2) is 103 Å². The van der Waals surface area contributed by atoms with Gasteiger partial charge in [0.25, 0.3) is 0 Å². The summed E-state index contributed by atoms with van der Waals surface area (Å²) >= 11 is 0. The van der Waals surface area contributed by atoms with Gasteiger partial charge in [0.05, 0.1) is 25.4 Å². The van der Waals surface area contributed by atoms with Crippen LogP contribution in [0.5, 0.6) is 0 Å². The second-order valence-corrected chi connectivity index (χ2v) is 8.24. The minimum Gasteiger partial charge on any atom is -0.394 e. The van der Waals surface area contributed by atoms with E-state index in [4.69, 9.17) is 0 Å². The van der Waals surface area contributed by atoms with E-state index >= 15 is 0 Å². The van der Waals surface area contributed by atoms with Crippen LogP contribution in [0, 0.1) is 0 Å². The summed E-state index contributed by atoms with van der Waals surface area (Å²) in [5.41, 5.74) is 5.38. The molecule has 6 rings (SSSR count). The molecule has 0 bridgehead atoms. The number of fused-ring (bicyclic) bond motifs is 1. The van der Waals surface area contributed by atoms with Crippen molar-refractivity contribution in [2.24, 2.45) is 0 Å². The van der Waals surface area contributed by atoms with Gasteiger partial charge in [-0.15, -0.1) is 0 Å². The highest BCUT2D eigenvalue weighted by molar-refractivity contribution is 5.73. The van der Waals surface area contributed by atoms with Crippen LogP contribution in [0.2, 0.25) is 0 Å². The van der Waals surface area contributed by atoms with Gasteiger partial charge in [0, 0.05) is 35.0 Å². The Labute approximate surface area is 182 Å². The zero-order chi connectivity index (χ0) is 20.8. The van der Waals surface area contributed by atoms with E-state index in [2.05, 4.69) is 86.9 Å². The molecular formula is C26H24N4O. The lowest BCUT2D eigenvalue weighted by Gasteiger charge is -2.43. The number of aliphatic hydroxyl groups is 1. The van der Waals surface area contributed by atoms with Crippen molar-refractivity contribution in [1.82, 2.24) is 9.88 Å². The zero-order valence-corrected chi connectivity index (χ0v) is 17.1. The van der Waals surface area contributed by atoms with Crippen LogP contribution in [0.1, 0.15) is 17.2 Å². The van der Waals surface area contributed by atoms with Crippen molar-refractivity contribution < 1.29 is 5.11 Å². The van der Waals surface area contributed by atoms with E-state index in [0.29, 0.717) is 6.67 Å². The molecule has 154 valence electrons. The largest absolute Gasteiger partial charge is 0.394 e. The van der Waals surface area contributed by atoms with Gasteiger partial charge in [-0.1, -0.05) is 60.7 Å². The van der Waals surface area contributed by atoms with Crippen LogP contribution >= 0.6 is 0 Å². The number of hydrogen-bond acceptors (Lipinski definition) is 5. The smallest absolute Gasteiger partial charge is 0.115 e. The first kappa shape index (κ1) is 18.4. The Morgan fingerprint density at radius 1 is 1.03 bits per heavy atom. The molecule has 1 fully saturated rings. The van der Waals surface area contributed by atoms with Crippen LogP contribution in [0.25, 0.3) is 0 Å². The highest BCUT2D eigenvalue weighted by Gasteiger charge is 2.61. The fourth-order valence-corrected chi connectivity index (χ4v) is 5.55. The third-order valence-corrected chi connectivity index (χ3v) is 6.82. The van der Waals surface area contributed by atoms with E-state index in [1.807, 2.05) is 30.6 Å². The number of allylic oxidation sites excluding steroid dienone is 2. The van der Waals surface area contributed by atoms with Crippen molar-refractivity contribution in [2.75, 3.05) is 23.5 Å². The summed E-state index contributed by atoms with van der Waals surface area (Å²) in [6.07, 6.45) is 10.3. The Balaban J connectivity index is 1.58. The molecule has 3 unspecified atom stereocenters. The number of hydrogen-bond donors (Lipinski definition) is 2. The molecule has 3 atom stereocenters. The van der Waals surface area contributed by atoms with Gasteiger partial charge in [-0.3, -0.25) is 9.88 Å². The molecule has 2 aliphatic heterocycles. The van der Waals surface area contributed by atoms with E-state index in [9.17, 15) is 5.11 Å². The lowest BCUT2D eigenvalue weighted by atomic mass is 9.77. The van der Waals surface area contributed by atoms with Gasteiger partial charge in [-0.05, 0) is 29.8 Å². The minimum atomic E-state index is -0.405. The van der Waals surface area contributed by atoms with Gasteiger partial charge in [-0.25, -0.2) is 0 Å². The maximum absolute atomic E-state index is 10.6. The molecule has 5 nitrogen and oxygen atoms in total. The van der Waals surface area contributed by atoms with Crippen molar-refractivity contribution >= 4 is 11.4 Å². The summed E-state index contributed by atoms with van der Waals surface area (Å²) in [6, 6.07) is 22.9. The van der Waals surface area contributed by atoms with Crippen LogP contribution in [-0.2, 0) is 5.54 Å². The average molecular weight is 409 g/mol. The Morgan fingerprint density at radius 3 is 2.61 bits per heavy atom. The number of aromatic nitrogens is 1. The monoisotopic (exact) mass is 408 g/mol. The van der Waals surface area contributed by atoms with Crippen LogP contribution in [0.4, 0.5) is 11.4 Å². The molecule has 2 N–H and O–H groups in total. The number of rotatable bonds is 4. The number of benzene rings is 2. The molecule has 1 spiro atoms. The summed E-state index contributed by atoms with van der Waals surface area (Å²) in [5, 5.41) is 14.3. The Bertz CT molecular complexity index is 1160. The number of nitrogens with zero attached hydrogens (tertiary/aromatic N) is 3. The fraction of sp³-hybridized carbons (Fsp3) is 0.192. The quantitative estimate of drug-likeness (QED) is 0.683. The summed E-state index contributed by atoms with van der Waals surface area (Å²) in [4.78, 5) is 9.09. The fourth-order valence-electron chi connectivity index (χ4n) is 5.55. The number of pyridine rings is 1. The second-order valence-electron chi connectivity index (χ2n) is 8.24. The molecule has 0 saturated carbocycles. The predicted molar refractivity (Wildman–Crippen MR) is 122 cm³/mol. The third kappa shape index (κ3) is 2.54. The highest BCUT2D eigenvalue weighted by atomic mass is 16.3. The summed E-state index contributed by atoms with van der Waals surface area (Å²) in [5.74, 6) is 0. The Hall–Kier alpha value is -3.41. The molecule has 3 aliphatic rings. The van der Waals surface area contributed by atoms with Crippen molar-refractivity contribution in [2.45, 2.75) is 17.6 Å². The normalized spacial score (nSPS) is 24.7. The standard InChI is InChI=1S/C26H24N4O/c31-17-23(19-7-2-1-3-8-19)30-18-29(20-13-15-27-16-14-20)25-12-6-11-24-26(25,30)21-9-4-5-10-22(21)28-24/h1-16,23,25,28,31H,17-18H2. The molecule has 3 aromatic rings. The predicted octanol–water partition coefficient (Wildman–Crippen LogP) is 4.04. The van der Waals surface area contributed by atoms with Gasteiger partial charge < -0.3 is 15.3 Å². The van der Waals surface area contributed by atoms with E-state index in [0.717, 1.165) is 22.6 Å². The number of anilines is 2. The van der Waals surface area contributed by atoms with Crippen LogP contribution in [-0.4, -0.2) is 34.3 Å². The van der Waals surface area contributed by atoms with Gasteiger partial charge in [0.2, 0.25) is 0 Å². The molecule has 0 radical (unpaired) electrons. The van der Waals surface area contributed by atoms with Crippen molar-refractivity contribution in [1.29, 1.82) is 0 Å². The molecule has 5 heteroatoms. The van der Waals surface area contributed by atoms with E-state index in [1.54, 1.807) is 0 Å². The minimum absolute atomic E-state index is 0.0435. The maximum Gasteiger partial charge on any atom is 0.115 e. The molecule has 1 saturated heterocycles. The molecular weight excluding hydrogens is 384 g/mol. The lowest BCUT2D eigenvalue weighted by Crippen LogP contribution is -2.51. The van der Waals surface area contributed by atoms with Crippen molar-refractivity contribution in [3.8, 4) is 0 Å². The van der Waals surface area contributed by atoms with Gasteiger partial charge in [0.1, 0.15) is 5.54 Å². The third-order valence-electron chi connectivity index (χ3n) is 6.82. The van der Waals surface area contributed by atoms with E-state index in [-0.39, 0.29) is 18.7 Å². The summed E-state index contributed by atoms with van der Waals surface area (Å²) in [7, 11) is 0. The molecule has 1 aromatic heterocycles. The van der Waals surface area contributed by atoms with Crippen molar-refractivity contribution in [3.05, 3.63) is 114 Å². The van der Waals surface area contributed by atoms with Crippen LogP contribution in [0.3, 0.4) is 0 Å². The van der Waals surface area contributed by atoms with Crippen LogP contribution < -0.4 is 10.2 Å². The van der Waals surface area contributed by atoms with Gasteiger partial charge in [0.15, 0.2) is 0 Å². The number of nitrogens with one attached hydrogen (secondary N) is 1. The maximum atomic E-state index is 10.6. The first-order valence-corrected chi connectivity index (χ1v) is 10.7. The highest BCUT2D eigenvalue weighted by Crippen LogP contribution is 2.57. The molecule has 3 heterocycles. The Morgan fingerprint density at radius 2 is 1.81 bits per heavy atom. The topological polar surface area (TPSA) is 51.6 Å². The SMILES string of the molecule is OCC(c1ccccc1)N1CN(c2ccncc2)C2C=CC=C3Nc4ccccc4C321. The average Bonchev–Trinajstić information content (AvgIpc) is 3.36. The summed E-state index contributed by atoms with van der Waals surface area (Å²) < 4.78 is 0. The Kier molecular flexibility index (Phi) is 4.19. The van der Waals surface area contributed by atoms with E-state index < -0.39 is 5.54 Å². The molecule has 0 amide bonds. The summed E-state index contributed by atoms with van der Waals surface area (Å²) in [6.45, 7) is 0.730. The van der Waals surface area contributed by atoms with Crippen molar-refractivity contribution in [3.63, 3.8) is 0 Å². The first-order chi connectivity index (χ1) is 15.3. The number of aliphatic hydroxyl groups excluding tert-OH is 1. The molecule has 2 aromatic carbocycles. The number of para-hydroxylation sites is 1. The van der Waals surface area contributed by atoms with E-state index in [1.165, 1.54) is 5.56 Å². The van der Waals surface area contributed by atoms with Gasteiger partial charge in [-0.2, -0.15) is 0 Å². The zero-order valence-electron chi connectivity index (χ0n) is 17.1. The molecule has 1 aliphatic carbocycles. The van der Waals surface area contributed by atoms with Gasteiger partial charge >= 0.3 is 0 Å². The molecule has 31 heavy (non-hydrogen) atoms.